The van der Waals surface area contributed by atoms with E-state index in [4.69, 9.17) is 5.10 Å². The summed E-state index contributed by atoms with van der Waals surface area (Å²) in [6.45, 7) is 7.89. The third-order valence-electron chi connectivity index (χ3n) is 6.29. The Morgan fingerprint density at radius 3 is 2.32 bits per heavy atom. The monoisotopic (exact) mass is 455 g/mol. The van der Waals surface area contributed by atoms with Gasteiger partial charge in [0.1, 0.15) is 11.6 Å². The highest BCUT2D eigenvalue weighted by atomic mass is 19.1. The molecule has 0 aliphatic carbocycles. The Balaban J connectivity index is 1.72. The predicted octanol–water partition coefficient (Wildman–Crippen LogP) is 5.10. The molecule has 2 aromatic heterocycles. The van der Waals surface area contributed by atoms with Gasteiger partial charge in [-0.3, -0.25) is 9.69 Å². The molecule has 172 valence electrons. The lowest BCUT2D eigenvalue weighted by Crippen LogP contribution is -2.38. The van der Waals surface area contributed by atoms with Crippen molar-refractivity contribution in [1.29, 1.82) is 0 Å². The second-order valence-corrected chi connectivity index (χ2v) is 8.92. The van der Waals surface area contributed by atoms with Gasteiger partial charge < -0.3 is 0 Å². The Bertz CT molecular complexity index is 1370. The van der Waals surface area contributed by atoms with E-state index in [1.165, 1.54) is 6.07 Å². The van der Waals surface area contributed by atoms with Crippen LogP contribution in [0.4, 0.5) is 10.2 Å². The van der Waals surface area contributed by atoms with Gasteiger partial charge in [-0.25, -0.2) is 14.4 Å². The van der Waals surface area contributed by atoms with Crippen LogP contribution in [0.1, 0.15) is 51.7 Å². The van der Waals surface area contributed by atoms with Gasteiger partial charge in [0.25, 0.3) is 5.95 Å². The number of carbonyl (C=O) groups is 1. The summed E-state index contributed by atoms with van der Waals surface area (Å²) in [6, 6.07) is 16.7. The number of hydrogen-bond acceptors (Lipinski definition) is 4. The first-order valence-corrected chi connectivity index (χ1v) is 11.3. The Morgan fingerprint density at radius 1 is 0.971 bits per heavy atom. The van der Waals surface area contributed by atoms with Crippen molar-refractivity contribution in [3.63, 3.8) is 0 Å². The van der Waals surface area contributed by atoms with Crippen LogP contribution in [0.15, 0.2) is 54.6 Å². The number of aromatic nitrogens is 4. The minimum atomic E-state index is -0.344. The molecule has 0 N–H and O–H groups in total. The van der Waals surface area contributed by atoms with Crippen molar-refractivity contribution < 1.29 is 9.18 Å². The molecule has 4 aromatic rings. The SMILES string of the molecule is Cc1ccc([C@H]2CC(=O)N(Cc3ccccc3F)c3c2c(C)nn3-c2nc(C)cc(C)n2)cc1. The zero-order valence-corrected chi connectivity index (χ0v) is 19.7. The number of nitrogens with zero attached hydrogens (tertiary/aromatic N) is 5. The van der Waals surface area contributed by atoms with Crippen LogP contribution in [0.2, 0.25) is 0 Å². The van der Waals surface area contributed by atoms with Crippen LogP contribution in [-0.2, 0) is 11.3 Å². The first-order valence-electron chi connectivity index (χ1n) is 11.3. The standard InChI is InChI=1S/C27H26FN5O/c1-16-9-11-20(12-10-16)22-14-24(34)32(15-21-7-5-6-8-23(21)28)26-25(22)19(4)31-33(26)27-29-17(2)13-18(3)30-27/h5-13,22H,14-15H2,1-4H3/t22-/m1/s1. The van der Waals surface area contributed by atoms with Gasteiger partial charge in [-0.2, -0.15) is 9.78 Å². The Morgan fingerprint density at radius 2 is 1.65 bits per heavy atom. The number of hydrogen-bond donors (Lipinski definition) is 0. The fraction of sp³-hybridized carbons (Fsp3) is 0.259. The van der Waals surface area contributed by atoms with Crippen LogP contribution in [0.25, 0.3) is 5.95 Å². The molecule has 0 unspecified atom stereocenters. The molecule has 0 saturated heterocycles. The highest BCUT2D eigenvalue weighted by molar-refractivity contribution is 5.97. The fourth-order valence-corrected chi connectivity index (χ4v) is 4.68. The van der Waals surface area contributed by atoms with E-state index in [-0.39, 0.29) is 30.6 Å². The molecule has 1 aliphatic rings. The topological polar surface area (TPSA) is 63.9 Å². The summed E-state index contributed by atoms with van der Waals surface area (Å²) in [6.07, 6.45) is 0.282. The number of fused-ring (bicyclic) bond motifs is 1. The molecule has 1 aliphatic heterocycles. The summed E-state index contributed by atoms with van der Waals surface area (Å²) in [4.78, 5) is 24.4. The zero-order chi connectivity index (χ0) is 24.0. The lowest BCUT2D eigenvalue weighted by atomic mass is 9.84. The van der Waals surface area contributed by atoms with Gasteiger partial charge in [-0.15, -0.1) is 0 Å². The van der Waals surface area contributed by atoms with Crippen molar-refractivity contribution in [3.8, 4) is 5.95 Å². The highest BCUT2D eigenvalue weighted by Crippen LogP contribution is 2.43. The van der Waals surface area contributed by atoms with Gasteiger partial charge in [0.15, 0.2) is 0 Å². The summed E-state index contributed by atoms with van der Waals surface area (Å²) >= 11 is 0. The first-order chi connectivity index (χ1) is 16.3. The molecule has 0 fully saturated rings. The molecule has 6 nitrogen and oxygen atoms in total. The maximum atomic E-state index is 14.6. The van der Waals surface area contributed by atoms with Crippen LogP contribution in [-0.4, -0.2) is 25.7 Å². The highest BCUT2D eigenvalue weighted by Gasteiger charge is 2.38. The van der Waals surface area contributed by atoms with E-state index in [9.17, 15) is 9.18 Å². The number of benzene rings is 2. The molecule has 0 radical (unpaired) electrons. The number of anilines is 1. The van der Waals surface area contributed by atoms with Gasteiger partial charge in [0.05, 0.1) is 12.2 Å². The van der Waals surface area contributed by atoms with Crippen molar-refractivity contribution in [2.24, 2.45) is 0 Å². The molecule has 5 rings (SSSR count). The third kappa shape index (κ3) is 3.87. The Hall–Kier alpha value is -3.87. The third-order valence-corrected chi connectivity index (χ3v) is 6.29. The molecule has 34 heavy (non-hydrogen) atoms. The van der Waals surface area contributed by atoms with Crippen LogP contribution >= 0.6 is 0 Å². The molecule has 2 aromatic carbocycles. The summed E-state index contributed by atoms with van der Waals surface area (Å²) in [5.41, 5.74) is 6.02. The van der Waals surface area contributed by atoms with Gasteiger partial charge in [0, 0.05) is 34.9 Å². The fourth-order valence-electron chi connectivity index (χ4n) is 4.68. The molecule has 0 bridgehead atoms. The van der Waals surface area contributed by atoms with Crippen molar-refractivity contribution in [2.75, 3.05) is 4.90 Å². The summed E-state index contributed by atoms with van der Waals surface area (Å²) in [5.74, 6) is 0.416. The second-order valence-electron chi connectivity index (χ2n) is 8.92. The van der Waals surface area contributed by atoms with Gasteiger partial charge in [0.2, 0.25) is 5.91 Å². The van der Waals surface area contributed by atoms with E-state index in [1.54, 1.807) is 27.8 Å². The van der Waals surface area contributed by atoms with Gasteiger partial charge >= 0.3 is 0 Å². The van der Waals surface area contributed by atoms with Crippen molar-refractivity contribution >= 4 is 11.7 Å². The number of halogens is 1. The Labute approximate surface area is 198 Å². The quantitative estimate of drug-likeness (QED) is 0.429. The lowest BCUT2D eigenvalue weighted by molar-refractivity contribution is -0.119. The molecule has 3 heterocycles. The summed E-state index contributed by atoms with van der Waals surface area (Å²) in [7, 11) is 0. The van der Waals surface area contributed by atoms with Gasteiger partial charge in [-0.05, 0) is 45.4 Å². The van der Waals surface area contributed by atoms with E-state index in [2.05, 4.69) is 34.2 Å². The molecule has 0 spiro atoms. The minimum Gasteiger partial charge on any atom is -0.292 e. The molecular formula is C27H26FN5O. The van der Waals surface area contributed by atoms with E-state index in [0.717, 1.165) is 33.8 Å². The predicted molar refractivity (Wildman–Crippen MR) is 129 cm³/mol. The van der Waals surface area contributed by atoms with E-state index in [0.29, 0.717) is 17.3 Å². The largest absolute Gasteiger partial charge is 0.292 e. The Kier molecular flexibility index (Phi) is 5.48. The smallest absolute Gasteiger partial charge is 0.252 e. The van der Waals surface area contributed by atoms with Crippen LogP contribution in [0.3, 0.4) is 0 Å². The summed E-state index contributed by atoms with van der Waals surface area (Å²) in [5, 5.41) is 4.79. The maximum absolute atomic E-state index is 14.6. The molecular weight excluding hydrogens is 429 g/mol. The van der Waals surface area contributed by atoms with E-state index < -0.39 is 0 Å². The maximum Gasteiger partial charge on any atom is 0.252 e. The summed E-state index contributed by atoms with van der Waals surface area (Å²) < 4.78 is 16.2. The first kappa shape index (κ1) is 21.9. The number of carbonyl (C=O) groups excluding carboxylic acids is 1. The van der Waals surface area contributed by atoms with E-state index >= 15 is 0 Å². The molecule has 1 atom stereocenters. The van der Waals surface area contributed by atoms with Gasteiger partial charge in [-0.1, -0.05) is 48.0 Å². The van der Waals surface area contributed by atoms with Crippen molar-refractivity contribution in [1.82, 2.24) is 19.7 Å². The second kappa shape index (κ2) is 8.48. The lowest BCUT2D eigenvalue weighted by Gasteiger charge is -2.33. The molecule has 0 saturated carbocycles. The van der Waals surface area contributed by atoms with Crippen molar-refractivity contribution in [2.45, 2.75) is 46.6 Å². The number of aryl methyl sites for hydroxylation is 4. The average molecular weight is 456 g/mol. The zero-order valence-electron chi connectivity index (χ0n) is 19.7. The van der Waals surface area contributed by atoms with Crippen LogP contribution < -0.4 is 4.90 Å². The number of amides is 1. The minimum absolute atomic E-state index is 0.0909. The molecule has 1 amide bonds. The normalized spacial score (nSPS) is 15.5. The van der Waals surface area contributed by atoms with E-state index in [1.807, 2.05) is 33.8 Å². The average Bonchev–Trinajstić information content (AvgIpc) is 3.14. The van der Waals surface area contributed by atoms with Crippen LogP contribution in [0, 0.1) is 33.5 Å². The van der Waals surface area contributed by atoms with Crippen LogP contribution in [0.5, 0.6) is 0 Å². The molecule has 7 heteroatoms. The number of rotatable bonds is 4. The van der Waals surface area contributed by atoms with Crippen molar-refractivity contribution in [3.05, 3.63) is 99.8 Å².